The Bertz CT molecular complexity index is 706. The summed E-state index contributed by atoms with van der Waals surface area (Å²) in [6.07, 6.45) is 3.50. The third-order valence-corrected chi connectivity index (χ3v) is 4.62. The molecule has 1 aromatic carbocycles. The predicted octanol–water partition coefficient (Wildman–Crippen LogP) is 3.30. The molecule has 3 rings (SSSR count). The van der Waals surface area contributed by atoms with Crippen molar-refractivity contribution >= 4 is 17.5 Å². The lowest BCUT2D eigenvalue weighted by molar-refractivity contribution is -0.134. The standard InChI is InChI=1S/C18H22ClN3O2/c1-21(2)18(23)13-6-8-22(9-7-13)11-16-12-24-17(20-16)14-4-3-5-15(19)10-14/h3-5,10,12-13H,6-9,11H2,1-2H3. The van der Waals surface area contributed by atoms with Gasteiger partial charge in [0.2, 0.25) is 11.8 Å². The summed E-state index contributed by atoms with van der Waals surface area (Å²) in [5, 5.41) is 0.667. The van der Waals surface area contributed by atoms with Crippen LogP contribution in [0.15, 0.2) is 34.9 Å². The van der Waals surface area contributed by atoms with Crippen LogP contribution in [0, 0.1) is 5.92 Å². The number of oxazole rings is 1. The van der Waals surface area contributed by atoms with Crippen LogP contribution < -0.4 is 0 Å². The van der Waals surface area contributed by atoms with Crippen molar-refractivity contribution in [3.63, 3.8) is 0 Å². The maximum Gasteiger partial charge on any atom is 0.226 e. The Balaban J connectivity index is 1.57. The monoisotopic (exact) mass is 347 g/mol. The molecule has 1 saturated heterocycles. The summed E-state index contributed by atoms with van der Waals surface area (Å²) in [5.41, 5.74) is 1.78. The van der Waals surface area contributed by atoms with E-state index in [0.717, 1.165) is 43.7 Å². The van der Waals surface area contributed by atoms with E-state index in [0.29, 0.717) is 10.9 Å². The minimum absolute atomic E-state index is 0.149. The molecule has 24 heavy (non-hydrogen) atoms. The van der Waals surface area contributed by atoms with Gasteiger partial charge in [0, 0.05) is 37.1 Å². The third-order valence-electron chi connectivity index (χ3n) is 4.39. The molecule has 2 aromatic rings. The van der Waals surface area contributed by atoms with E-state index in [2.05, 4.69) is 9.88 Å². The molecule has 1 amide bonds. The summed E-state index contributed by atoms with van der Waals surface area (Å²) in [6, 6.07) is 7.48. The predicted molar refractivity (Wildman–Crippen MR) is 93.6 cm³/mol. The first-order chi connectivity index (χ1) is 11.5. The number of nitrogens with zero attached hydrogens (tertiary/aromatic N) is 3. The highest BCUT2D eigenvalue weighted by Crippen LogP contribution is 2.24. The molecule has 0 radical (unpaired) electrons. The first-order valence-electron chi connectivity index (χ1n) is 8.17. The van der Waals surface area contributed by atoms with E-state index in [-0.39, 0.29) is 11.8 Å². The number of hydrogen-bond acceptors (Lipinski definition) is 4. The van der Waals surface area contributed by atoms with E-state index in [1.165, 1.54) is 0 Å². The largest absolute Gasteiger partial charge is 0.444 e. The average molecular weight is 348 g/mol. The van der Waals surface area contributed by atoms with Crippen LogP contribution in [0.4, 0.5) is 0 Å². The number of benzene rings is 1. The molecule has 1 aliphatic heterocycles. The Morgan fingerprint density at radius 3 is 2.79 bits per heavy atom. The zero-order valence-corrected chi connectivity index (χ0v) is 14.8. The van der Waals surface area contributed by atoms with E-state index in [4.69, 9.17) is 16.0 Å². The number of carbonyl (C=O) groups is 1. The molecule has 0 saturated carbocycles. The van der Waals surface area contributed by atoms with Crippen LogP contribution in [0.1, 0.15) is 18.5 Å². The quantitative estimate of drug-likeness (QED) is 0.851. The van der Waals surface area contributed by atoms with Gasteiger partial charge >= 0.3 is 0 Å². The van der Waals surface area contributed by atoms with Crippen LogP contribution in [0.3, 0.4) is 0 Å². The summed E-state index contributed by atoms with van der Waals surface area (Å²) >= 11 is 6.01. The lowest BCUT2D eigenvalue weighted by atomic mass is 9.95. The molecule has 0 spiro atoms. The van der Waals surface area contributed by atoms with Gasteiger partial charge in [-0.05, 0) is 44.1 Å². The molecule has 0 bridgehead atoms. The highest BCUT2D eigenvalue weighted by atomic mass is 35.5. The molecule has 1 aromatic heterocycles. The van der Waals surface area contributed by atoms with E-state index >= 15 is 0 Å². The number of piperidine rings is 1. The first-order valence-corrected chi connectivity index (χ1v) is 8.54. The second-order valence-electron chi connectivity index (χ2n) is 6.44. The van der Waals surface area contributed by atoms with Crippen LogP contribution in [0.25, 0.3) is 11.5 Å². The number of halogens is 1. The molecule has 1 fully saturated rings. The van der Waals surface area contributed by atoms with Gasteiger partial charge < -0.3 is 9.32 Å². The second-order valence-corrected chi connectivity index (χ2v) is 6.87. The summed E-state index contributed by atoms with van der Waals surface area (Å²) in [6.45, 7) is 2.56. The average Bonchev–Trinajstić information content (AvgIpc) is 3.03. The van der Waals surface area contributed by atoms with E-state index in [9.17, 15) is 4.79 Å². The van der Waals surface area contributed by atoms with Gasteiger partial charge in [-0.25, -0.2) is 4.98 Å². The lowest BCUT2D eigenvalue weighted by Gasteiger charge is -2.31. The molecule has 5 nitrogen and oxygen atoms in total. The number of hydrogen-bond donors (Lipinski definition) is 0. The second kappa shape index (κ2) is 7.36. The van der Waals surface area contributed by atoms with Gasteiger partial charge in [-0.2, -0.15) is 0 Å². The minimum atomic E-state index is 0.149. The fourth-order valence-corrected chi connectivity index (χ4v) is 3.26. The van der Waals surface area contributed by atoms with Crippen molar-refractivity contribution < 1.29 is 9.21 Å². The van der Waals surface area contributed by atoms with Crippen LogP contribution in [-0.4, -0.2) is 47.9 Å². The van der Waals surface area contributed by atoms with Crippen LogP contribution in [0.2, 0.25) is 5.02 Å². The van der Waals surface area contributed by atoms with Crippen molar-refractivity contribution in [2.75, 3.05) is 27.2 Å². The van der Waals surface area contributed by atoms with Gasteiger partial charge in [-0.1, -0.05) is 17.7 Å². The molecule has 2 heterocycles. The van der Waals surface area contributed by atoms with Gasteiger partial charge in [0.25, 0.3) is 0 Å². The Morgan fingerprint density at radius 1 is 1.38 bits per heavy atom. The van der Waals surface area contributed by atoms with Crippen LogP contribution >= 0.6 is 11.6 Å². The molecule has 1 aliphatic rings. The third kappa shape index (κ3) is 3.97. The van der Waals surface area contributed by atoms with Crippen molar-refractivity contribution in [1.82, 2.24) is 14.8 Å². The number of rotatable bonds is 4. The topological polar surface area (TPSA) is 49.6 Å². The highest BCUT2D eigenvalue weighted by molar-refractivity contribution is 6.30. The minimum Gasteiger partial charge on any atom is -0.444 e. The van der Waals surface area contributed by atoms with Crippen molar-refractivity contribution in [1.29, 1.82) is 0 Å². The maximum atomic E-state index is 12.0. The molecule has 128 valence electrons. The van der Waals surface area contributed by atoms with Crippen molar-refractivity contribution in [3.05, 3.63) is 41.2 Å². The molecular weight excluding hydrogens is 326 g/mol. The van der Waals surface area contributed by atoms with Gasteiger partial charge in [-0.3, -0.25) is 9.69 Å². The summed E-state index contributed by atoms with van der Waals surface area (Å²) in [4.78, 5) is 20.6. The number of carbonyl (C=O) groups excluding carboxylic acids is 1. The van der Waals surface area contributed by atoms with Crippen molar-refractivity contribution in [2.24, 2.45) is 5.92 Å². The van der Waals surface area contributed by atoms with Gasteiger partial charge in [-0.15, -0.1) is 0 Å². The Morgan fingerprint density at radius 2 is 2.12 bits per heavy atom. The van der Waals surface area contributed by atoms with E-state index in [1.807, 2.05) is 38.4 Å². The summed E-state index contributed by atoms with van der Waals surface area (Å²) < 4.78 is 5.58. The molecular formula is C18H22ClN3O2. The fraction of sp³-hybridized carbons (Fsp3) is 0.444. The van der Waals surface area contributed by atoms with E-state index < -0.39 is 0 Å². The zero-order valence-electron chi connectivity index (χ0n) is 14.0. The summed E-state index contributed by atoms with van der Waals surface area (Å²) in [7, 11) is 3.64. The number of likely N-dealkylation sites (tertiary alicyclic amines) is 1. The van der Waals surface area contributed by atoms with Crippen LogP contribution in [0.5, 0.6) is 0 Å². The highest BCUT2D eigenvalue weighted by Gasteiger charge is 2.26. The Hall–Kier alpha value is -1.85. The SMILES string of the molecule is CN(C)C(=O)C1CCN(Cc2coc(-c3cccc(Cl)c3)n2)CC1. The number of aromatic nitrogens is 1. The van der Waals surface area contributed by atoms with Crippen molar-refractivity contribution in [2.45, 2.75) is 19.4 Å². The molecule has 0 unspecified atom stereocenters. The molecule has 0 aliphatic carbocycles. The Kier molecular flexibility index (Phi) is 5.21. The van der Waals surface area contributed by atoms with Crippen LogP contribution in [-0.2, 0) is 11.3 Å². The maximum absolute atomic E-state index is 12.0. The van der Waals surface area contributed by atoms with Gasteiger partial charge in [0.05, 0.1) is 5.69 Å². The fourth-order valence-electron chi connectivity index (χ4n) is 3.07. The summed E-state index contributed by atoms with van der Waals surface area (Å²) in [5.74, 6) is 0.972. The normalized spacial score (nSPS) is 16.3. The smallest absolute Gasteiger partial charge is 0.226 e. The molecule has 6 heteroatoms. The first kappa shape index (κ1) is 17.0. The number of amides is 1. The van der Waals surface area contributed by atoms with Crippen molar-refractivity contribution in [3.8, 4) is 11.5 Å². The Labute approximate surface area is 147 Å². The van der Waals surface area contributed by atoms with E-state index in [1.54, 1.807) is 11.2 Å². The molecule has 0 N–H and O–H groups in total. The zero-order chi connectivity index (χ0) is 17.1. The van der Waals surface area contributed by atoms with Gasteiger partial charge in [0.1, 0.15) is 6.26 Å². The lowest BCUT2D eigenvalue weighted by Crippen LogP contribution is -2.39. The molecule has 0 atom stereocenters. The van der Waals surface area contributed by atoms with Gasteiger partial charge in [0.15, 0.2) is 0 Å².